The number of nitrogens with zero attached hydrogens (tertiary/aromatic N) is 3. The Morgan fingerprint density at radius 1 is 1.50 bits per heavy atom. The third-order valence-electron chi connectivity index (χ3n) is 1.17. The Hall–Kier alpha value is 0.631. The van der Waals surface area contributed by atoms with Crippen LogP contribution >= 0.6 is 0 Å². The Morgan fingerprint density at radius 2 is 2.08 bits per heavy atom. The standard InChI is InChI=1S/C4H6BF3N3.K/c1-2-11-9-3-4(10-11)5(6,7)8;/h3H,2H2,1H3;/q-1;+1. The van der Waals surface area contributed by atoms with Gasteiger partial charge in [0.25, 0.3) is 0 Å². The Balaban J connectivity index is 0.00000121. The molecular weight excluding hydrogens is 197 g/mol. The molecule has 8 heteroatoms. The first kappa shape index (κ1) is 12.6. The van der Waals surface area contributed by atoms with Crippen LogP contribution in [0, 0.1) is 0 Å². The van der Waals surface area contributed by atoms with Crippen molar-refractivity contribution in [3.05, 3.63) is 6.20 Å². The average molecular weight is 203 g/mol. The second-order valence-corrected chi connectivity index (χ2v) is 2.03. The van der Waals surface area contributed by atoms with Crippen molar-refractivity contribution in [3.63, 3.8) is 0 Å². The number of rotatable bonds is 2. The number of halogens is 3. The molecule has 0 atom stereocenters. The van der Waals surface area contributed by atoms with Crippen molar-refractivity contribution in [3.8, 4) is 0 Å². The van der Waals surface area contributed by atoms with Gasteiger partial charge in [-0.1, -0.05) is 0 Å². The molecule has 0 aliphatic carbocycles. The van der Waals surface area contributed by atoms with Gasteiger partial charge < -0.3 is 12.9 Å². The summed E-state index contributed by atoms with van der Waals surface area (Å²) in [6, 6.07) is 0. The van der Waals surface area contributed by atoms with Gasteiger partial charge in [-0.25, -0.2) is 0 Å². The molecule has 1 aromatic rings. The van der Waals surface area contributed by atoms with E-state index in [1.54, 1.807) is 6.92 Å². The Morgan fingerprint density at radius 3 is 2.33 bits per heavy atom. The van der Waals surface area contributed by atoms with Crippen molar-refractivity contribution in [1.82, 2.24) is 15.0 Å². The molecule has 0 N–H and O–H groups in total. The van der Waals surface area contributed by atoms with E-state index in [9.17, 15) is 12.9 Å². The van der Waals surface area contributed by atoms with E-state index in [0.717, 1.165) is 11.0 Å². The predicted octanol–water partition coefficient (Wildman–Crippen LogP) is -2.64. The molecule has 0 radical (unpaired) electrons. The number of aryl methyl sites for hydroxylation is 1. The van der Waals surface area contributed by atoms with E-state index >= 15 is 0 Å². The van der Waals surface area contributed by atoms with E-state index in [1.807, 2.05) is 0 Å². The maximum Gasteiger partial charge on any atom is 1.00 e. The van der Waals surface area contributed by atoms with Crippen LogP contribution in [0.3, 0.4) is 0 Å². The summed E-state index contributed by atoms with van der Waals surface area (Å²) in [5.74, 6) is 0. The molecule has 0 saturated heterocycles. The summed E-state index contributed by atoms with van der Waals surface area (Å²) in [5, 5.41) is 6.61. The van der Waals surface area contributed by atoms with E-state index in [2.05, 4.69) is 10.2 Å². The van der Waals surface area contributed by atoms with Crippen LogP contribution in [0.2, 0.25) is 0 Å². The number of aromatic nitrogens is 3. The first-order valence-electron chi connectivity index (χ1n) is 3.14. The molecule has 12 heavy (non-hydrogen) atoms. The van der Waals surface area contributed by atoms with Crippen LogP contribution in [0.5, 0.6) is 0 Å². The minimum Gasteiger partial charge on any atom is -0.444 e. The zero-order valence-corrected chi connectivity index (χ0v) is 9.96. The van der Waals surface area contributed by atoms with Crippen molar-refractivity contribution < 1.29 is 64.3 Å². The number of hydrogen-bond donors (Lipinski definition) is 0. The quantitative estimate of drug-likeness (QED) is 0.492. The van der Waals surface area contributed by atoms with Crippen molar-refractivity contribution in [2.24, 2.45) is 0 Å². The maximum absolute atomic E-state index is 11.9. The monoisotopic (exact) mass is 203 g/mol. The molecule has 1 rings (SSSR count). The summed E-state index contributed by atoms with van der Waals surface area (Å²) >= 11 is 0. The molecule has 0 aliphatic rings. The molecule has 0 fully saturated rings. The van der Waals surface area contributed by atoms with Crippen LogP contribution < -0.4 is 57.0 Å². The first-order chi connectivity index (χ1) is 5.04. The fourth-order valence-corrected chi connectivity index (χ4v) is 0.613. The third kappa shape index (κ3) is 3.17. The fraction of sp³-hybridized carbons (Fsp3) is 0.500. The van der Waals surface area contributed by atoms with Gasteiger partial charge in [-0.2, -0.15) is 15.0 Å². The van der Waals surface area contributed by atoms with Gasteiger partial charge in [0.15, 0.2) is 0 Å². The van der Waals surface area contributed by atoms with Crippen LogP contribution in [0.4, 0.5) is 12.9 Å². The summed E-state index contributed by atoms with van der Waals surface area (Å²) in [4.78, 5) is 1.00. The smallest absolute Gasteiger partial charge is 0.444 e. The molecule has 0 bridgehead atoms. The SMILES string of the molecule is CCn1ncc([B-](F)(F)F)n1.[K+]. The molecular formula is C4H6BF3KN3. The van der Waals surface area contributed by atoms with Crippen LogP contribution in [-0.4, -0.2) is 22.0 Å². The van der Waals surface area contributed by atoms with E-state index in [-0.39, 0.29) is 51.4 Å². The molecule has 62 valence electrons. The van der Waals surface area contributed by atoms with Crippen LogP contribution in [0.15, 0.2) is 6.20 Å². The van der Waals surface area contributed by atoms with Gasteiger partial charge in [0.05, 0.1) is 6.54 Å². The molecule has 0 saturated carbocycles. The Kier molecular flexibility index (Phi) is 5.00. The fourth-order valence-electron chi connectivity index (χ4n) is 0.613. The van der Waals surface area contributed by atoms with Crippen LogP contribution in [-0.2, 0) is 6.54 Å². The zero-order valence-electron chi connectivity index (χ0n) is 6.84. The third-order valence-corrected chi connectivity index (χ3v) is 1.17. The average Bonchev–Trinajstić information content (AvgIpc) is 2.32. The molecule has 1 heterocycles. The van der Waals surface area contributed by atoms with Gasteiger partial charge in [0.1, 0.15) is 0 Å². The molecule has 1 aromatic heterocycles. The van der Waals surface area contributed by atoms with E-state index < -0.39 is 12.6 Å². The Bertz CT molecular complexity index is 248. The van der Waals surface area contributed by atoms with Crippen molar-refractivity contribution in [1.29, 1.82) is 0 Å². The predicted molar refractivity (Wildman–Crippen MR) is 34.4 cm³/mol. The van der Waals surface area contributed by atoms with Crippen molar-refractivity contribution in [2.75, 3.05) is 0 Å². The normalized spacial score (nSPS) is 11.0. The van der Waals surface area contributed by atoms with Gasteiger partial charge in [-0.15, -0.1) is 0 Å². The molecule has 0 unspecified atom stereocenters. The van der Waals surface area contributed by atoms with Crippen LogP contribution in [0.1, 0.15) is 6.92 Å². The van der Waals surface area contributed by atoms with Crippen LogP contribution in [0.25, 0.3) is 0 Å². The minimum absolute atomic E-state index is 0. The molecule has 0 spiro atoms. The topological polar surface area (TPSA) is 30.7 Å². The van der Waals surface area contributed by atoms with Gasteiger partial charge in [0.2, 0.25) is 0 Å². The maximum atomic E-state index is 11.9. The van der Waals surface area contributed by atoms with Gasteiger partial charge >= 0.3 is 58.4 Å². The molecule has 3 nitrogen and oxygen atoms in total. The second-order valence-electron chi connectivity index (χ2n) is 2.03. The largest absolute Gasteiger partial charge is 1.00 e. The first-order valence-corrected chi connectivity index (χ1v) is 3.14. The summed E-state index contributed by atoms with van der Waals surface area (Å²) in [6.45, 7) is -2.96. The van der Waals surface area contributed by atoms with Gasteiger partial charge in [-0.05, 0) is 6.92 Å². The molecule has 0 aromatic carbocycles. The molecule has 0 amide bonds. The van der Waals surface area contributed by atoms with Crippen molar-refractivity contribution >= 4 is 12.6 Å². The minimum atomic E-state index is -4.99. The van der Waals surface area contributed by atoms with E-state index in [4.69, 9.17) is 0 Å². The second kappa shape index (κ2) is 4.75. The van der Waals surface area contributed by atoms with E-state index in [1.165, 1.54) is 0 Å². The summed E-state index contributed by atoms with van der Waals surface area (Å²) < 4.78 is 35.7. The molecule has 0 aliphatic heterocycles. The zero-order chi connectivity index (χ0) is 8.48. The van der Waals surface area contributed by atoms with E-state index in [0.29, 0.717) is 6.54 Å². The van der Waals surface area contributed by atoms with Crippen molar-refractivity contribution in [2.45, 2.75) is 13.5 Å². The Labute approximate surface area is 110 Å². The summed E-state index contributed by atoms with van der Waals surface area (Å²) in [5.41, 5.74) is -0.883. The summed E-state index contributed by atoms with van der Waals surface area (Å²) in [7, 11) is 0. The summed E-state index contributed by atoms with van der Waals surface area (Å²) in [6.07, 6.45) is 0.740. The van der Waals surface area contributed by atoms with Gasteiger partial charge in [-0.3, -0.25) is 0 Å². The van der Waals surface area contributed by atoms with Gasteiger partial charge in [0, 0.05) is 11.8 Å². The number of hydrogen-bond acceptors (Lipinski definition) is 2.